The molecule has 0 unspecified atom stereocenters. The summed E-state index contributed by atoms with van der Waals surface area (Å²) in [4.78, 5) is 11.0. The topological polar surface area (TPSA) is 38.7 Å². The van der Waals surface area contributed by atoms with E-state index in [0.717, 1.165) is 0 Å². The molecule has 0 aliphatic rings. The second-order valence-corrected chi connectivity index (χ2v) is 3.00. The van der Waals surface area contributed by atoms with Crippen LogP contribution in [-0.2, 0) is 0 Å². The first kappa shape index (κ1) is 8.59. The van der Waals surface area contributed by atoms with Crippen molar-refractivity contribution in [2.45, 2.75) is 0 Å². The van der Waals surface area contributed by atoms with Crippen LogP contribution in [0.4, 0.5) is 4.39 Å². The highest BCUT2D eigenvalue weighted by molar-refractivity contribution is 6.30. The van der Waals surface area contributed by atoms with E-state index in [4.69, 9.17) is 23.2 Å². The van der Waals surface area contributed by atoms with E-state index in [1.165, 1.54) is 12.4 Å². The van der Waals surface area contributed by atoms with Crippen molar-refractivity contribution in [3.05, 3.63) is 28.6 Å². The van der Waals surface area contributed by atoms with Crippen LogP contribution in [0.25, 0.3) is 10.9 Å². The van der Waals surface area contributed by atoms with E-state index in [1.807, 2.05) is 0 Å². The monoisotopic (exact) mass is 217 g/mol. The minimum atomic E-state index is -0.677. The predicted molar refractivity (Wildman–Crippen MR) is 47.3 cm³/mol. The Morgan fingerprint density at radius 2 is 1.85 bits per heavy atom. The van der Waals surface area contributed by atoms with E-state index in [2.05, 4.69) is 15.0 Å². The standard InChI is InChI=1S/C7H2Cl2FN3/c8-6-4(10)5-3(1-11-6)2-12-7(9)13-5/h1-2H. The van der Waals surface area contributed by atoms with Crippen LogP contribution in [0.1, 0.15) is 0 Å². The van der Waals surface area contributed by atoms with Gasteiger partial charge in [-0.05, 0) is 11.6 Å². The Morgan fingerprint density at radius 3 is 2.62 bits per heavy atom. The van der Waals surface area contributed by atoms with Gasteiger partial charge in [-0.1, -0.05) is 11.6 Å². The lowest BCUT2D eigenvalue weighted by molar-refractivity contribution is 0.631. The molecule has 66 valence electrons. The molecule has 2 aromatic heterocycles. The quantitative estimate of drug-likeness (QED) is 0.503. The van der Waals surface area contributed by atoms with Crippen LogP contribution < -0.4 is 0 Å². The Morgan fingerprint density at radius 1 is 1.15 bits per heavy atom. The van der Waals surface area contributed by atoms with Gasteiger partial charge in [0.25, 0.3) is 0 Å². The highest BCUT2D eigenvalue weighted by atomic mass is 35.5. The zero-order chi connectivity index (χ0) is 9.42. The summed E-state index contributed by atoms with van der Waals surface area (Å²) in [5.74, 6) is -0.677. The highest BCUT2D eigenvalue weighted by Crippen LogP contribution is 2.20. The Hall–Kier alpha value is -1.00. The molecule has 0 saturated heterocycles. The summed E-state index contributed by atoms with van der Waals surface area (Å²) in [6, 6.07) is 0. The molecular formula is C7H2Cl2FN3. The van der Waals surface area contributed by atoms with Crippen molar-refractivity contribution in [3.8, 4) is 0 Å². The lowest BCUT2D eigenvalue weighted by atomic mass is 10.3. The maximum Gasteiger partial charge on any atom is 0.223 e. The van der Waals surface area contributed by atoms with Crippen molar-refractivity contribution in [1.82, 2.24) is 15.0 Å². The van der Waals surface area contributed by atoms with Crippen molar-refractivity contribution in [3.63, 3.8) is 0 Å². The first-order chi connectivity index (χ1) is 6.18. The smallest absolute Gasteiger partial charge is 0.223 e. The summed E-state index contributed by atoms with van der Waals surface area (Å²) >= 11 is 10.9. The summed E-state index contributed by atoms with van der Waals surface area (Å²) < 4.78 is 13.2. The second kappa shape index (κ2) is 3.05. The van der Waals surface area contributed by atoms with E-state index in [9.17, 15) is 4.39 Å². The van der Waals surface area contributed by atoms with Crippen LogP contribution in [0.3, 0.4) is 0 Å². The van der Waals surface area contributed by atoms with Gasteiger partial charge in [-0.15, -0.1) is 0 Å². The van der Waals surface area contributed by atoms with Crippen LogP contribution in [0, 0.1) is 5.82 Å². The van der Waals surface area contributed by atoms with Gasteiger partial charge < -0.3 is 0 Å². The predicted octanol–water partition coefficient (Wildman–Crippen LogP) is 2.47. The molecular weight excluding hydrogens is 216 g/mol. The molecule has 0 N–H and O–H groups in total. The Balaban J connectivity index is 2.89. The first-order valence-electron chi connectivity index (χ1n) is 3.31. The first-order valence-corrected chi connectivity index (χ1v) is 4.06. The van der Waals surface area contributed by atoms with Crippen molar-refractivity contribution in [2.75, 3.05) is 0 Å². The molecule has 0 fully saturated rings. The molecule has 6 heteroatoms. The molecule has 0 aromatic carbocycles. The van der Waals surface area contributed by atoms with Crippen LogP contribution in [0.5, 0.6) is 0 Å². The molecule has 2 aromatic rings. The minimum absolute atomic E-state index is 0.0198. The molecule has 13 heavy (non-hydrogen) atoms. The van der Waals surface area contributed by atoms with Gasteiger partial charge in [-0.25, -0.2) is 19.3 Å². The summed E-state index contributed by atoms with van der Waals surface area (Å²) in [5, 5.41) is 0.224. The summed E-state index contributed by atoms with van der Waals surface area (Å²) in [6.07, 6.45) is 2.77. The molecule has 0 spiro atoms. The van der Waals surface area contributed by atoms with Crippen LogP contribution in [0.2, 0.25) is 10.4 Å². The number of hydrogen-bond donors (Lipinski definition) is 0. The average Bonchev–Trinajstić information content (AvgIpc) is 2.12. The summed E-state index contributed by atoms with van der Waals surface area (Å²) in [6.45, 7) is 0. The minimum Gasteiger partial charge on any atom is -0.241 e. The Kier molecular flexibility index (Phi) is 2.01. The lowest BCUT2D eigenvalue weighted by Gasteiger charge is -1.98. The summed E-state index contributed by atoms with van der Waals surface area (Å²) in [5.41, 5.74) is 0.0833. The number of rotatable bonds is 0. The molecule has 3 nitrogen and oxygen atoms in total. The maximum atomic E-state index is 13.2. The zero-order valence-electron chi connectivity index (χ0n) is 6.13. The van der Waals surface area contributed by atoms with Crippen molar-refractivity contribution in [2.24, 2.45) is 0 Å². The lowest BCUT2D eigenvalue weighted by Crippen LogP contribution is -1.91. The Labute approximate surface area is 82.5 Å². The van der Waals surface area contributed by atoms with Crippen LogP contribution in [0.15, 0.2) is 12.4 Å². The van der Waals surface area contributed by atoms with E-state index in [0.29, 0.717) is 5.39 Å². The summed E-state index contributed by atoms with van der Waals surface area (Å²) in [7, 11) is 0. The van der Waals surface area contributed by atoms with E-state index in [-0.39, 0.29) is 16.0 Å². The van der Waals surface area contributed by atoms with Gasteiger partial charge in [-0.3, -0.25) is 0 Å². The van der Waals surface area contributed by atoms with Crippen molar-refractivity contribution >= 4 is 34.1 Å². The van der Waals surface area contributed by atoms with Gasteiger partial charge in [-0.2, -0.15) is 0 Å². The molecule has 0 radical (unpaired) electrons. The molecule has 0 amide bonds. The molecule has 2 heterocycles. The molecule has 2 rings (SSSR count). The number of aromatic nitrogens is 3. The molecule has 0 atom stereocenters. The van der Waals surface area contributed by atoms with E-state index >= 15 is 0 Å². The number of nitrogens with zero attached hydrogens (tertiary/aromatic N) is 3. The van der Waals surface area contributed by atoms with Crippen LogP contribution >= 0.6 is 23.2 Å². The number of pyridine rings is 1. The third-order valence-corrected chi connectivity index (χ3v) is 1.94. The van der Waals surface area contributed by atoms with Gasteiger partial charge >= 0.3 is 0 Å². The SMILES string of the molecule is Fc1c(Cl)ncc2cnc(Cl)nc12. The number of hydrogen-bond acceptors (Lipinski definition) is 3. The molecule has 0 aliphatic carbocycles. The normalized spacial score (nSPS) is 10.7. The highest BCUT2D eigenvalue weighted by Gasteiger charge is 2.08. The van der Waals surface area contributed by atoms with Gasteiger partial charge in [0.05, 0.1) is 0 Å². The third kappa shape index (κ3) is 1.43. The number of halogens is 3. The fraction of sp³-hybridized carbons (Fsp3) is 0. The van der Waals surface area contributed by atoms with Crippen molar-refractivity contribution in [1.29, 1.82) is 0 Å². The molecule has 0 bridgehead atoms. The van der Waals surface area contributed by atoms with E-state index < -0.39 is 5.82 Å². The second-order valence-electron chi connectivity index (χ2n) is 2.31. The van der Waals surface area contributed by atoms with Crippen molar-refractivity contribution < 1.29 is 4.39 Å². The van der Waals surface area contributed by atoms with Gasteiger partial charge in [0.2, 0.25) is 5.28 Å². The van der Waals surface area contributed by atoms with Gasteiger partial charge in [0, 0.05) is 17.8 Å². The fourth-order valence-electron chi connectivity index (χ4n) is 0.920. The third-order valence-electron chi connectivity index (χ3n) is 1.49. The van der Waals surface area contributed by atoms with Crippen LogP contribution in [-0.4, -0.2) is 15.0 Å². The van der Waals surface area contributed by atoms with Gasteiger partial charge in [0.15, 0.2) is 11.0 Å². The zero-order valence-corrected chi connectivity index (χ0v) is 7.64. The largest absolute Gasteiger partial charge is 0.241 e. The Bertz CT molecular complexity index is 469. The maximum absolute atomic E-state index is 13.2. The van der Waals surface area contributed by atoms with Gasteiger partial charge in [0.1, 0.15) is 5.52 Å². The molecule has 0 aliphatic heterocycles. The number of fused-ring (bicyclic) bond motifs is 1. The molecule has 0 saturated carbocycles. The fourth-order valence-corrected chi connectivity index (χ4v) is 1.19. The van der Waals surface area contributed by atoms with E-state index in [1.54, 1.807) is 0 Å². The average molecular weight is 218 g/mol.